The molecule has 0 N–H and O–H groups in total. The number of likely N-dealkylation sites (N-methyl/N-ethyl adjacent to an activating group) is 1. The average Bonchev–Trinajstić information content (AvgIpc) is 3.41. The first-order valence-electron chi connectivity index (χ1n) is 10.3. The van der Waals surface area contributed by atoms with Crippen molar-refractivity contribution in [2.45, 2.75) is 18.7 Å². The van der Waals surface area contributed by atoms with E-state index in [4.69, 9.17) is 0 Å². The van der Waals surface area contributed by atoms with E-state index in [2.05, 4.69) is 28.7 Å². The van der Waals surface area contributed by atoms with Crippen LogP contribution in [0.1, 0.15) is 24.2 Å². The van der Waals surface area contributed by atoms with Crippen LogP contribution >= 0.6 is 35.1 Å². The maximum Gasteiger partial charge on any atom is 0.260 e. The summed E-state index contributed by atoms with van der Waals surface area (Å²) in [6.07, 6.45) is 1.17. The molecule has 0 saturated carbocycles. The number of hydrogen-bond donors (Lipinski definition) is 0. The van der Waals surface area contributed by atoms with Gasteiger partial charge in [-0.15, -0.1) is 23.7 Å². The molecule has 1 amide bonds. The first-order chi connectivity index (χ1) is 15.3. The Labute approximate surface area is 207 Å². The second kappa shape index (κ2) is 10.4. The fourth-order valence-corrected chi connectivity index (χ4v) is 6.17. The molecule has 33 heavy (non-hydrogen) atoms. The van der Waals surface area contributed by atoms with Crippen molar-refractivity contribution < 1.29 is 13.2 Å². The number of aromatic nitrogens is 2. The molecule has 0 aliphatic carbocycles. The van der Waals surface area contributed by atoms with Crippen molar-refractivity contribution in [3.8, 4) is 0 Å². The van der Waals surface area contributed by atoms with Crippen LogP contribution < -0.4 is 4.90 Å². The molecule has 0 aliphatic rings. The van der Waals surface area contributed by atoms with Crippen molar-refractivity contribution in [2.24, 2.45) is 0 Å². The molecule has 0 fully saturated rings. The standard InChI is InChI=1S/C22H24N4O3S3.ClH/c1-4-25(5-2)11-12-26(21(27)15-9-10-16-18(13-15)30-14-23-16)22-24-20-17(31-22)7-6-8-19(20)32(3,28)29;/h6-10,13-14H,4-5,11-12H2,1-3H3;1H. The fourth-order valence-electron chi connectivity index (χ4n) is 3.54. The largest absolute Gasteiger partial charge is 0.302 e. The molecule has 4 rings (SSSR count). The van der Waals surface area contributed by atoms with Crippen molar-refractivity contribution in [1.29, 1.82) is 0 Å². The lowest BCUT2D eigenvalue weighted by Gasteiger charge is -2.24. The van der Waals surface area contributed by atoms with E-state index in [0.29, 0.717) is 29.3 Å². The number of anilines is 1. The van der Waals surface area contributed by atoms with E-state index in [9.17, 15) is 13.2 Å². The number of nitrogens with zero attached hydrogens (tertiary/aromatic N) is 4. The van der Waals surface area contributed by atoms with Crippen molar-refractivity contribution in [2.75, 3.05) is 37.3 Å². The molecule has 2 heterocycles. The molecule has 2 aromatic heterocycles. The quantitative estimate of drug-likeness (QED) is 0.331. The Bertz CT molecular complexity index is 1380. The van der Waals surface area contributed by atoms with E-state index in [1.165, 1.54) is 28.9 Å². The van der Waals surface area contributed by atoms with Crippen molar-refractivity contribution in [3.63, 3.8) is 0 Å². The van der Waals surface area contributed by atoms with Gasteiger partial charge in [0.2, 0.25) is 0 Å². The number of amides is 1. The first kappa shape index (κ1) is 25.5. The second-order valence-corrected chi connectivity index (χ2v) is 11.3. The molecule has 0 saturated heterocycles. The summed E-state index contributed by atoms with van der Waals surface area (Å²) in [6, 6.07) is 10.6. The van der Waals surface area contributed by atoms with E-state index in [0.717, 1.165) is 28.0 Å². The van der Waals surface area contributed by atoms with Gasteiger partial charge in [0.15, 0.2) is 15.0 Å². The van der Waals surface area contributed by atoms with Gasteiger partial charge in [0.05, 0.1) is 25.3 Å². The number of carbonyl (C=O) groups excluding carboxylic acids is 1. The zero-order chi connectivity index (χ0) is 22.9. The van der Waals surface area contributed by atoms with Crippen LogP contribution in [-0.4, -0.2) is 61.6 Å². The molecule has 7 nitrogen and oxygen atoms in total. The van der Waals surface area contributed by atoms with Gasteiger partial charge in [-0.1, -0.05) is 31.3 Å². The lowest BCUT2D eigenvalue weighted by Crippen LogP contribution is -2.38. The Morgan fingerprint density at radius 3 is 2.52 bits per heavy atom. The molecule has 11 heteroatoms. The number of halogens is 1. The third kappa shape index (κ3) is 5.36. The molecule has 176 valence electrons. The minimum absolute atomic E-state index is 0. The lowest BCUT2D eigenvalue weighted by atomic mass is 10.2. The highest BCUT2D eigenvalue weighted by atomic mass is 35.5. The Balaban J connectivity index is 0.00000306. The van der Waals surface area contributed by atoms with E-state index in [1.54, 1.807) is 28.6 Å². The van der Waals surface area contributed by atoms with Gasteiger partial charge in [-0.25, -0.2) is 18.4 Å². The van der Waals surface area contributed by atoms with Crippen LogP contribution in [0.2, 0.25) is 0 Å². The number of para-hydroxylation sites is 1. The Morgan fingerprint density at radius 1 is 1.06 bits per heavy atom. The molecule has 0 spiro atoms. The molecule has 0 aliphatic heterocycles. The van der Waals surface area contributed by atoms with Gasteiger partial charge >= 0.3 is 0 Å². The van der Waals surface area contributed by atoms with Crippen molar-refractivity contribution >= 4 is 76.4 Å². The summed E-state index contributed by atoms with van der Waals surface area (Å²) in [6.45, 7) is 7.07. The molecule has 2 aromatic carbocycles. The summed E-state index contributed by atoms with van der Waals surface area (Å²) in [5.74, 6) is -0.160. The van der Waals surface area contributed by atoms with Crippen LogP contribution in [0, 0.1) is 0 Å². The predicted octanol–water partition coefficient (Wildman–Crippen LogP) is 4.72. The van der Waals surface area contributed by atoms with Gasteiger partial charge in [0.25, 0.3) is 5.91 Å². The average molecular weight is 525 g/mol. The Morgan fingerprint density at radius 2 is 1.82 bits per heavy atom. The molecule has 0 atom stereocenters. The smallest absolute Gasteiger partial charge is 0.260 e. The zero-order valence-electron chi connectivity index (χ0n) is 18.5. The minimum Gasteiger partial charge on any atom is -0.302 e. The summed E-state index contributed by atoms with van der Waals surface area (Å²) in [5, 5.41) is 0.498. The van der Waals surface area contributed by atoms with Gasteiger partial charge in [0, 0.05) is 24.9 Å². The van der Waals surface area contributed by atoms with E-state index in [1.807, 2.05) is 18.2 Å². The molecule has 0 unspecified atom stereocenters. The third-order valence-corrected chi connectivity index (χ3v) is 8.32. The summed E-state index contributed by atoms with van der Waals surface area (Å²) in [7, 11) is -3.44. The number of fused-ring (bicyclic) bond motifs is 2. The fraction of sp³-hybridized carbons (Fsp3) is 0.318. The third-order valence-electron chi connectivity index (χ3n) is 5.36. The van der Waals surface area contributed by atoms with Crippen LogP contribution in [0.15, 0.2) is 46.8 Å². The molecule has 0 bridgehead atoms. The summed E-state index contributed by atoms with van der Waals surface area (Å²) >= 11 is 2.82. The van der Waals surface area contributed by atoms with Gasteiger partial charge in [0.1, 0.15) is 5.52 Å². The topological polar surface area (TPSA) is 83.5 Å². The van der Waals surface area contributed by atoms with Gasteiger partial charge in [-0.3, -0.25) is 9.69 Å². The Hall–Kier alpha value is -2.11. The van der Waals surface area contributed by atoms with E-state index >= 15 is 0 Å². The maximum atomic E-state index is 13.6. The van der Waals surface area contributed by atoms with E-state index < -0.39 is 9.84 Å². The molecule has 0 radical (unpaired) electrons. The summed E-state index contributed by atoms with van der Waals surface area (Å²) in [4.78, 5) is 26.6. The number of sulfone groups is 1. The first-order valence-corrected chi connectivity index (χ1v) is 13.9. The van der Waals surface area contributed by atoms with Crippen LogP contribution in [0.25, 0.3) is 20.4 Å². The maximum absolute atomic E-state index is 13.6. The monoisotopic (exact) mass is 524 g/mol. The normalized spacial score (nSPS) is 11.8. The number of thiazole rings is 2. The van der Waals surface area contributed by atoms with Crippen molar-refractivity contribution in [1.82, 2.24) is 14.9 Å². The van der Waals surface area contributed by atoms with Crippen molar-refractivity contribution in [3.05, 3.63) is 47.5 Å². The van der Waals surface area contributed by atoms with Crippen LogP contribution in [-0.2, 0) is 9.84 Å². The second-order valence-electron chi connectivity index (χ2n) is 7.39. The van der Waals surface area contributed by atoms with Crippen LogP contribution in [0.3, 0.4) is 0 Å². The Kier molecular flexibility index (Phi) is 8.07. The van der Waals surface area contributed by atoms with Crippen LogP contribution in [0.4, 0.5) is 5.13 Å². The lowest BCUT2D eigenvalue weighted by molar-refractivity contribution is 0.0984. The number of carbonyl (C=O) groups is 1. The number of rotatable bonds is 8. The van der Waals surface area contributed by atoms with Gasteiger partial charge < -0.3 is 4.90 Å². The highest BCUT2D eigenvalue weighted by molar-refractivity contribution is 7.91. The predicted molar refractivity (Wildman–Crippen MR) is 139 cm³/mol. The highest BCUT2D eigenvalue weighted by Crippen LogP contribution is 2.33. The zero-order valence-corrected chi connectivity index (χ0v) is 21.8. The highest BCUT2D eigenvalue weighted by Gasteiger charge is 2.24. The summed E-state index contributed by atoms with van der Waals surface area (Å²) < 4.78 is 26.2. The summed E-state index contributed by atoms with van der Waals surface area (Å²) in [5.41, 5.74) is 3.59. The molecular formula is C22H25ClN4O3S3. The molecule has 4 aromatic rings. The van der Waals surface area contributed by atoms with Crippen LogP contribution in [0.5, 0.6) is 0 Å². The van der Waals surface area contributed by atoms with Gasteiger partial charge in [-0.05, 0) is 43.4 Å². The molecular weight excluding hydrogens is 500 g/mol. The number of benzene rings is 2. The van der Waals surface area contributed by atoms with Gasteiger partial charge in [-0.2, -0.15) is 0 Å². The SMILES string of the molecule is CCN(CC)CCN(C(=O)c1ccc2ncsc2c1)c1nc2c(S(C)(=O)=O)cccc2s1.Cl. The number of hydrogen-bond acceptors (Lipinski definition) is 8. The minimum atomic E-state index is -3.44. The van der Waals surface area contributed by atoms with E-state index in [-0.39, 0.29) is 23.2 Å².